The van der Waals surface area contributed by atoms with Crippen molar-refractivity contribution in [2.24, 2.45) is 12.0 Å². The van der Waals surface area contributed by atoms with E-state index in [2.05, 4.69) is 39.5 Å². The third-order valence-electron chi connectivity index (χ3n) is 5.82. The van der Waals surface area contributed by atoms with E-state index >= 15 is 0 Å². The van der Waals surface area contributed by atoms with E-state index < -0.39 is 0 Å². The summed E-state index contributed by atoms with van der Waals surface area (Å²) >= 11 is 0. The molecule has 2 aromatic heterocycles. The lowest BCUT2D eigenvalue weighted by atomic mass is 10.0. The van der Waals surface area contributed by atoms with Gasteiger partial charge in [0.2, 0.25) is 5.88 Å². The van der Waals surface area contributed by atoms with E-state index in [1.54, 1.807) is 0 Å². The zero-order chi connectivity index (χ0) is 20.1. The Morgan fingerprint density at radius 2 is 2.10 bits per heavy atom. The van der Waals surface area contributed by atoms with Crippen molar-refractivity contribution >= 4 is 5.96 Å². The Kier molecular flexibility index (Phi) is 6.32. The Morgan fingerprint density at radius 3 is 2.79 bits per heavy atom. The van der Waals surface area contributed by atoms with Gasteiger partial charge in [0.15, 0.2) is 5.96 Å². The summed E-state index contributed by atoms with van der Waals surface area (Å²) in [5.41, 5.74) is 2.41. The number of ether oxygens (including phenoxy) is 1. The van der Waals surface area contributed by atoms with E-state index in [0.29, 0.717) is 18.6 Å². The molecule has 0 aromatic carbocycles. The quantitative estimate of drug-likeness (QED) is 0.600. The summed E-state index contributed by atoms with van der Waals surface area (Å²) in [6, 6.07) is 4.05. The number of pyridine rings is 1. The second-order valence-electron chi connectivity index (χ2n) is 8.08. The first kappa shape index (κ1) is 19.7. The van der Waals surface area contributed by atoms with Crippen LogP contribution in [0.2, 0.25) is 0 Å². The van der Waals surface area contributed by atoms with Crippen LogP contribution in [-0.2, 0) is 13.6 Å². The molecule has 0 radical (unpaired) electrons. The molecule has 3 heterocycles. The van der Waals surface area contributed by atoms with Gasteiger partial charge in [0.05, 0.1) is 12.7 Å². The predicted molar refractivity (Wildman–Crippen MR) is 114 cm³/mol. The molecule has 7 nitrogen and oxygen atoms in total. The standard InChI is InChI=1S/C22H32N6O/c1-3-23-22(28-11-10-18(16-28)19-14-26-27(2)15-19)25-13-17-8-9-21(24-12-17)29-20-6-4-5-7-20/h8-9,12,14-15,18,20H,3-7,10-11,13,16H2,1-2H3,(H,23,25). The summed E-state index contributed by atoms with van der Waals surface area (Å²) in [7, 11) is 1.97. The lowest BCUT2D eigenvalue weighted by molar-refractivity contribution is 0.201. The van der Waals surface area contributed by atoms with Crippen molar-refractivity contribution < 1.29 is 4.74 Å². The van der Waals surface area contributed by atoms with Crippen molar-refractivity contribution in [2.45, 2.75) is 57.6 Å². The van der Waals surface area contributed by atoms with Gasteiger partial charge >= 0.3 is 0 Å². The second kappa shape index (κ2) is 9.29. The number of likely N-dealkylation sites (tertiary alicyclic amines) is 1. The first-order valence-corrected chi connectivity index (χ1v) is 10.8. The maximum atomic E-state index is 5.96. The fourth-order valence-electron chi connectivity index (χ4n) is 4.22. The van der Waals surface area contributed by atoms with Gasteiger partial charge in [-0.1, -0.05) is 6.07 Å². The molecule has 7 heteroatoms. The molecule has 1 N–H and O–H groups in total. The van der Waals surface area contributed by atoms with Gasteiger partial charge < -0.3 is 15.0 Å². The van der Waals surface area contributed by atoms with Gasteiger partial charge in [-0.3, -0.25) is 4.68 Å². The van der Waals surface area contributed by atoms with Crippen LogP contribution in [0.1, 0.15) is 56.1 Å². The van der Waals surface area contributed by atoms with Crippen LogP contribution in [-0.4, -0.2) is 51.4 Å². The number of aromatic nitrogens is 3. The van der Waals surface area contributed by atoms with Crippen LogP contribution in [0.3, 0.4) is 0 Å². The summed E-state index contributed by atoms with van der Waals surface area (Å²) in [5, 5.41) is 7.76. The summed E-state index contributed by atoms with van der Waals surface area (Å²) in [5.74, 6) is 2.22. The number of nitrogens with zero attached hydrogens (tertiary/aromatic N) is 5. The molecule has 0 bridgehead atoms. The predicted octanol–water partition coefficient (Wildman–Crippen LogP) is 3.09. The van der Waals surface area contributed by atoms with Crippen molar-refractivity contribution in [3.05, 3.63) is 41.9 Å². The van der Waals surface area contributed by atoms with Gasteiger partial charge in [-0.25, -0.2) is 9.98 Å². The summed E-state index contributed by atoms with van der Waals surface area (Å²) in [6.45, 7) is 5.58. The van der Waals surface area contributed by atoms with E-state index in [1.807, 2.05) is 30.2 Å². The molecular formula is C22H32N6O. The van der Waals surface area contributed by atoms with Crippen LogP contribution < -0.4 is 10.1 Å². The van der Waals surface area contributed by atoms with E-state index in [-0.39, 0.29) is 0 Å². The average Bonchev–Trinajstić information content (AvgIpc) is 3.48. The smallest absolute Gasteiger partial charge is 0.213 e. The highest BCUT2D eigenvalue weighted by molar-refractivity contribution is 5.80. The zero-order valence-electron chi connectivity index (χ0n) is 17.5. The minimum Gasteiger partial charge on any atom is -0.474 e. The summed E-state index contributed by atoms with van der Waals surface area (Å²) < 4.78 is 7.84. The van der Waals surface area contributed by atoms with Crippen molar-refractivity contribution in [3.63, 3.8) is 0 Å². The van der Waals surface area contributed by atoms with E-state index in [1.165, 1.54) is 18.4 Å². The highest BCUT2D eigenvalue weighted by atomic mass is 16.5. The van der Waals surface area contributed by atoms with Gasteiger partial charge in [-0.2, -0.15) is 5.10 Å². The number of aryl methyl sites for hydroxylation is 1. The van der Waals surface area contributed by atoms with Crippen LogP contribution in [0.4, 0.5) is 0 Å². The molecule has 2 fully saturated rings. The van der Waals surface area contributed by atoms with E-state index in [9.17, 15) is 0 Å². The molecule has 156 valence electrons. The van der Waals surface area contributed by atoms with Gasteiger partial charge in [0, 0.05) is 51.1 Å². The lowest BCUT2D eigenvalue weighted by Gasteiger charge is -2.21. The number of hydrogen-bond donors (Lipinski definition) is 1. The topological polar surface area (TPSA) is 67.6 Å². The van der Waals surface area contributed by atoms with E-state index in [4.69, 9.17) is 9.73 Å². The summed E-state index contributed by atoms with van der Waals surface area (Å²) in [4.78, 5) is 11.7. The molecule has 0 amide bonds. The Morgan fingerprint density at radius 1 is 1.24 bits per heavy atom. The monoisotopic (exact) mass is 396 g/mol. The number of hydrogen-bond acceptors (Lipinski definition) is 4. The first-order valence-electron chi connectivity index (χ1n) is 10.8. The molecule has 1 saturated heterocycles. The molecule has 1 unspecified atom stereocenters. The zero-order valence-corrected chi connectivity index (χ0v) is 17.5. The van der Waals surface area contributed by atoms with E-state index in [0.717, 1.165) is 56.3 Å². The molecule has 2 aliphatic rings. The number of guanidine groups is 1. The van der Waals surface area contributed by atoms with Crippen LogP contribution in [0.25, 0.3) is 0 Å². The fourth-order valence-corrected chi connectivity index (χ4v) is 4.22. The maximum Gasteiger partial charge on any atom is 0.213 e. The molecule has 0 spiro atoms. The normalized spacial score (nSPS) is 20.4. The van der Waals surface area contributed by atoms with Crippen LogP contribution in [0.15, 0.2) is 35.7 Å². The number of aliphatic imine (C=N–C) groups is 1. The number of rotatable bonds is 6. The van der Waals surface area contributed by atoms with Crippen molar-refractivity contribution in [3.8, 4) is 5.88 Å². The van der Waals surface area contributed by atoms with Crippen molar-refractivity contribution in [1.29, 1.82) is 0 Å². The van der Waals surface area contributed by atoms with Gasteiger partial charge in [-0.15, -0.1) is 0 Å². The Balaban J connectivity index is 1.35. The molecule has 1 aliphatic heterocycles. The molecule has 2 aromatic rings. The summed E-state index contributed by atoms with van der Waals surface area (Å²) in [6.07, 6.45) is 12.3. The molecule has 4 rings (SSSR count). The third-order valence-corrected chi connectivity index (χ3v) is 5.82. The number of nitrogens with one attached hydrogen (secondary N) is 1. The highest BCUT2D eigenvalue weighted by Gasteiger charge is 2.26. The van der Waals surface area contributed by atoms with Gasteiger partial charge in [0.25, 0.3) is 0 Å². The first-order chi connectivity index (χ1) is 14.2. The fraction of sp³-hybridized carbons (Fsp3) is 0.591. The van der Waals surface area contributed by atoms with Crippen LogP contribution in [0, 0.1) is 0 Å². The Bertz CT molecular complexity index is 809. The van der Waals surface area contributed by atoms with Gasteiger partial charge in [0.1, 0.15) is 6.10 Å². The minimum atomic E-state index is 0.342. The molecule has 29 heavy (non-hydrogen) atoms. The maximum absolute atomic E-state index is 5.96. The largest absolute Gasteiger partial charge is 0.474 e. The van der Waals surface area contributed by atoms with Crippen LogP contribution in [0.5, 0.6) is 5.88 Å². The Hall–Kier alpha value is -2.57. The van der Waals surface area contributed by atoms with Crippen LogP contribution >= 0.6 is 0 Å². The third kappa shape index (κ3) is 5.08. The average molecular weight is 397 g/mol. The Labute approximate surface area is 173 Å². The lowest BCUT2D eigenvalue weighted by Crippen LogP contribution is -2.40. The molecule has 1 atom stereocenters. The van der Waals surface area contributed by atoms with Crippen molar-refractivity contribution in [2.75, 3.05) is 19.6 Å². The van der Waals surface area contributed by atoms with Gasteiger partial charge in [-0.05, 0) is 50.2 Å². The molecule has 1 saturated carbocycles. The second-order valence-corrected chi connectivity index (χ2v) is 8.08. The molecular weight excluding hydrogens is 364 g/mol. The van der Waals surface area contributed by atoms with Crippen molar-refractivity contribution in [1.82, 2.24) is 25.0 Å². The minimum absolute atomic E-state index is 0.342. The SMILES string of the molecule is CCNC(=NCc1ccc(OC2CCCC2)nc1)N1CCC(c2cnn(C)c2)C1. The molecule has 1 aliphatic carbocycles. The highest BCUT2D eigenvalue weighted by Crippen LogP contribution is 2.27.